The van der Waals surface area contributed by atoms with Crippen LogP contribution in [0.1, 0.15) is 53.5 Å². The lowest BCUT2D eigenvalue weighted by Gasteiger charge is -2.32. The van der Waals surface area contributed by atoms with Crippen LogP contribution in [-0.4, -0.2) is 30.9 Å². The predicted octanol–water partition coefficient (Wildman–Crippen LogP) is 5.17. The largest absolute Gasteiger partial charge is 0.497 e. The molecule has 0 unspecified atom stereocenters. The molecule has 5 nitrogen and oxygen atoms in total. The molecule has 1 heterocycles. The maximum atomic E-state index is 12.0. The minimum atomic E-state index is -0.459. The number of carbonyl (C=O) groups excluding carboxylic acids is 1. The standard InChI is InChI=1S/C24H33BO5/c1-7-28-22(26)17-21(14-11-15-27-18-20-12-9-8-10-13-20)16-19(2)25-29-23(3,4)24(5,6)30-25/h8-16H,7,17-18H2,1-6H3/b15-11+,19-16+,21-14+. The summed E-state index contributed by atoms with van der Waals surface area (Å²) in [5.41, 5.74) is 1.95. The van der Waals surface area contributed by atoms with Gasteiger partial charge in [0.05, 0.1) is 30.5 Å². The first-order chi connectivity index (χ1) is 14.1. The van der Waals surface area contributed by atoms with Gasteiger partial charge in [0.15, 0.2) is 0 Å². The van der Waals surface area contributed by atoms with Crippen LogP contribution < -0.4 is 0 Å². The number of esters is 1. The van der Waals surface area contributed by atoms with Gasteiger partial charge in [-0.05, 0) is 64.2 Å². The summed E-state index contributed by atoms with van der Waals surface area (Å²) in [7, 11) is -0.459. The number of hydrogen-bond donors (Lipinski definition) is 0. The van der Waals surface area contributed by atoms with E-state index in [-0.39, 0.29) is 12.4 Å². The molecule has 1 saturated heterocycles. The molecule has 1 aromatic carbocycles. The van der Waals surface area contributed by atoms with Gasteiger partial charge in [-0.15, -0.1) is 0 Å². The Morgan fingerprint density at radius 3 is 2.33 bits per heavy atom. The van der Waals surface area contributed by atoms with Gasteiger partial charge in [-0.1, -0.05) is 42.5 Å². The molecule has 1 fully saturated rings. The number of ether oxygens (including phenoxy) is 2. The van der Waals surface area contributed by atoms with Gasteiger partial charge in [-0.2, -0.15) is 0 Å². The summed E-state index contributed by atoms with van der Waals surface area (Å²) in [4.78, 5) is 12.0. The Morgan fingerprint density at radius 1 is 1.10 bits per heavy atom. The maximum absolute atomic E-state index is 12.0. The van der Waals surface area contributed by atoms with Crippen molar-refractivity contribution in [3.63, 3.8) is 0 Å². The summed E-state index contributed by atoms with van der Waals surface area (Å²) in [6.45, 7) is 12.6. The van der Waals surface area contributed by atoms with E-state index < -0.39 is 18.3 Å². The highest BCUT2D eigenvalue weighted by Crippen LogP contribution is 2.38. The molecule has 0 amide bonds. The fraction of sp³-hybridized carbons (Fsp3) is 0.458. The fourth-order valence-electron chi connectivity index (χ4n) is 2.86. The van der Waals surface area contributed by atoms with Crippen LogP contribution in [0.3, 0.4) is 0 Å². The Morgan fingerprint density at radius 2 is 1.73 bits per heavy atom. The summed E-state index contributed by atoms with van der Waals surface area (Å²) in [6, 6.07) is 9.93. The van der Waals surface area contributed by atoms with Crippen LogP contribution in [0.25, 0.3) is 0 Å². The molecule has 0 N–H and O–H groups in total. The molecule has 0 spiro atoms. The van der Waals surface area contributed by atoms with Crippen LogP contribution >= 0.6 is 0 Å². The van der Waals surface area contributed by atoms with Crippen molar-refractivity contribution in [3.8, 4) is 0 Å². The van der Waals surface area contributed by atoms with Crippen LogP contribution in [0.15, 0.2) is 65.9 Å². The number of carbonyl (C=O) groups is 1. The highest BCUT2D eigenvalue weighted by Gasteiger charge is 2.51. The van der Waals surface area contributed by atoms with Gasteiger partial charge < -0.3 is 18.8 Å². The summed E-state index contributed by atoms with van der Waals surface area (Å²) in [5.74, 6) is -0.277. The lowest BCUT2D eigenvalue weighted by Crippen LogP contribution is -2.41. The van der Waals surface area contributed by atoms with E-state index >= 15 is 0 Å². The molecule has 1 aliphatic rings. The zero-order chi connectivity index (χ0) is 22.2. The van der Waals surface area contributed by atoms with E-state index in [1.807, 2.05) is 77.1 Å². The Labute approximate surface area is 180 Å². The lowest BCUT2D eigenvalue weighted by atomic mass is 9.78. The van der Waals surface area contributed by atoms with E-state index in [0.717, 1.165) is 16.6 Å². The van der Waals surface area contributed by atoms with Crippen molar-refractivity contribution >= 4 is 13.1 Å². The highest BCUT2D eigenvalue weighted by molar-refractivity contribution is 6.54. The summed E-state index contributed by atoms with van der Waals surface area (Å²) >= 11 is 0. The van der Waals surface area contributed by atoms with Gasteiger partial charge in [0.25, 0.3) is 0 Å². The third-order valence-electron chi connectivity index (χ3n) is 5.27. The molecule has 0 bridgehead atoms. The van der Waals surface area contributed by atoms with Crippen molar-refractivity contribution in [3.05, 3.63) is 71.4 Å². The Balaban J connectivity index is 2.08. The monoisotopic (exact) mass is 412 g/mol. The molecule has 1 aliphatic heterocycles. The topological polar surface area (TPSA) is 54.0 Å². The van der Waals surface area contributed by atoms with Gasteiger partial charge >= 0.3 is 13.1 Å². The minimum Gasteiger partial charge on any atom is -0.497 e. The van der Waals surface area contributed by atoms with Crippen LogP contribution in [0, 0.1) is 0 Å². The van der Waals surface area contributed by atoms with Crippen molar-refractivity contribution in [1.82, 2.24) is 0 Å². The molecule has 30 heavy (non-hydrogen) atoms. The van der Waals surface area contributed by atoms with Gasteiger partial charge in [-0.3, -0.25) is 4.79 Å². The van der Waals surface area contributed by atoms with Crippen molar-refractivity contribution in [1.29, 1.82) is 0 Å². The smallest absolute Gasteiger partial charge is 0.490 e. The molecular weight excluding hydrogens is 379 g/mol. The molecule has 0 saturated carbocycles. The molecule has 0 radical (unpaired) electrons. The number of benzene rings is 1. The van der Waals surface area contributed by atoms with Crippen molar-refractivity contribution in [2.45, 2.75) is 65.8 Å². The predicted molar refractivity (Wildman–Crippen MR) is 120 cm³/mol. The minimum absolute atomic E-state index is 0.160. The summed E-state index contributed by atoms with van der Waals surface area (Å²) in [5, 5.41) is 0. The van der Waals surface area contributed by atoms with E-state index in [9.17, 15) is 4.79 Å². The average Bonchev–Trinajstić information content (AvgIpc) is 2.90. The van der Waals surface area contributed by atoms with Crippen molar-refractivity contribution in [2.75, 3.05) is 6.61 Å². The Kier molecular flexibility index (Phi) is 8.50. The second kappa shape index (κ2) is 10.6. The van der Waals surface area contributed by atoms with Crippen LogP contribution in [0.2, 0.25) is 0 Å². The SMILES string of the molecule is CCOC(=O)CC(=C/C=C/OCc1ccccc1)/C=C(\C)B1OC(C)(C)C(C)(C)O1. The second-order valence-electron chi connectivity index (χ2n) is 8.33. The van der Waals surface area contributed by atoms with Crippen molar-refractivity contribution < 1.29 is 23.6 Å². The second-order valence-corrected chi connectivity index (χ2v) is 8.33. The van der Waals surface area contributed by atoms with Crippen molar-refractivity contribution in [2.24, 2.45) is 0 Å². The molecule has 162 valence electrons. The van der Waals surface area contributed by atoms with Gasteiger partial charge in [0.2, 0.25) is 0 Å². The lowest BCUT2D eigenvalue weighted by molar-refractivity contribution is -0.142. The zero-order valence-electron chi connectivity index (χ0n) is 18.9. The van der Waals surface area contributed by atoms with E-state index in [4.69, 9.17) is 18.8 Å². The van der Waals surface area contributed by atoms with Crippen LogP contribution in [-0.2, 0) is 30.2 Å². The molecule has 2 rings (SSSR count). The van der Waals surface area contributed by atoms with Gasteiger partial charge in [0.1, 0.15) is 6.61 Å². The third kappa shape index (κ3) is 6.89. The third-order valence-corrected chi connectivity index (χ3v) is 5.27. The normalized spacial score (nSPS) is 18.7. The average molecular weight is 412 g/mol. The number of allylic oxidation sites excluding steroid dienone is 4. The quantitative estimate of drug-likeness (QED) is 0.242. The summed E-state index contributed by atoms with van der Waals surface area (Å²) < 4.78 is 22.9. The zero-order valence-corrected chi connectivity index (χ0v) is 18.9. The molecule has 6 heteroatoms. The van der Waals surface area contributed by atoms with Crippen LogP contribution in [0.4, 0.5) is 0 Å². The fourth-order valence-corrected chi connectivity index (χ4v) is 2.86. The first-order valence-electron chi connectivity index (χ1n) is 10.4. The molecule has 1 aromatic rings. The van der Waals surface area contributed by atoms with E-state index in [2.05, 4.69) is 0 Å². The first-order valence-corrected chi connectivity index (χ1v) is 10.4. The number of rotatable bonds is 9. The van der Waals surface area contributed by atoms with Gasteiger partial charge in [-0.25, -0.2) is 0 Å². The first kappa shape index (κ1) is 24.0. The van der Waals surface area contributed by atoms with E-state index in [0.29, 0.717) is 13.2 Å². The highest BCUT2D eigenvalue weighted by atomic mass is 16.7. The Bertz CT molecular complexity index is 777. The maximum Gasteiger partial charge on any atom is 0.490 e. The summed E-state index contributed by atoms with van der Waals surface area (Å²) in [6.07, 6.45) is 7.33. The van der Waals surface area contributed by atoms with E-state index in [1.165, 1.54) is 0 Å². The molecular formula is C24H33BO5. The molecule has 0 aromatic heterocycles. The van der Waals surface area contributed by atoms with Gasteiger partial charge in [0, 0.05) is 0 Å². The molecule has 0 atom stereocenters. The van der Waals surface area contributed by atoms with Crippen LogP contribution in [0.5, 0.6) is 0 Å². The molecule has 0 aliphatic carbocycles. The Hall–Kier alpha value is -2.31. The number of hydrogen-bond acceptors (Lipinski definition) is 5. The van der Waals surface area contributed by atoms with E-state index in [1.54, 1.807) is 19.3 Å².